The van der Waals surface area contributed by atoms with E-state index in [0.29, 0.717) is 5.25 Å². The van der Waals surface area contributed by atoms with Gasteiger partial charge in [0.2, 0.25) is 0 Å². The van der Waals surface area contributed by atoms with Gasteiger partial charge in [-0.25, -0.2) is 0 Å². The number of nitrogens with one attached hydrogen (secondary N) is 1. The van der Waals surface area contributed by atoms with E-state index in [2.05, 4.69) is 85.0 Å². The van der Waals surface area contributed by atoms with Gasteiger partial charge in [-0.3, -0.25) is 0 Å². The Morgan fingerprint density at radius 1 is 0.846 bits per heavy atom. The number of anilines is 1. The minimum Gasteiger partial charge on any atom is -0.354 e. The molecule has 1 aliphatic carbocycles. The Bertz CT molecular complexity index is 1000. The fraction of sp³-hybridized carbons (Fsp3) is 0.167. The zero-order valence-corrected chi connectivity index (χ0v) is 15.6. The number of benzene rings is 3. The number of para-hydroxylation sites is 1. The van der Waals surface area contributed by atoms with Gasteiger partial charge in [-0.1, -0.05) is 66.2 Å². The largest absolute Gasteiger partial charge is 0.354 e. The van der Waals surface area contributed by atoms with Gasteiger partial charge in [0.05, 0.1) is 10.9 Å². The lowest BCUT2D eigenvalue weighted by molar-refractivity contribution is 0.871. The molecule has 0 saturated heterocycles. The number of hydrogen-bond donors (Lipinski definition) is 1. The van der Waals surface area contributed by atoms with Gasteiger partial charge >= 0.3 is 0 Å². The number of rotatable bonds is 1. The summed E-state index contributed by atoms with van der Waals surface area (Å²) in [5, 5.41) is 4.14. The summed E-state index contributed by atoms with van der Waals surface area (Å²) < 4.78 is 0. The van der Waals surface area contributed by atoms with Crippen molar-refractivity contribution in [3.63, 3.8) is 0 Å². The van der Waals surface area contributed by atoms with E-state index < -0.39 is 0 Å². The van der Waals surface area contributed by atoms with Crippen molar-refractivity contribution in [3.8, 4) is 0 Å². The third-order valence-corrected chi connectivity index (χ3v) is 6.76. The maximum atomic E-state index is 3.79. The summed E-state index contributed by atoms with van der Waals surface area (Å²) in [4.78, 5) is 1.32. The topological polar surface area (TPSA) is 12.0 Å². The average molecular weight is 356 g/mol. The number of aryl methyl sites for hydroxylation is 2. The highest BCUT2D eigenvalue weighted by molar-refractivity contribution is 8.00. The summed E-state index contributed by atoms with van der Waals surface area (Å²) in [7, 11) is 0. The van der Waals surface area contributed by atoms with Crippen LogP contribution < -0.4 is 5.32 Å². The number of fused-ring (bicyclic) bond motifs is 3. The molecule has 0 spiro atoms. The van der Waals surface area contributed by atoms with Gasteiger partial charge in [-0.05, 0) is 48.6 Å². The van der Waals surface area contributed by atoms with Crippen LogP contribution >= 0.6 is 11.8 Å². The van der Waals surface area contributed by atoms with E-state index in [1.165, 1.54) is 44.1 Å². The van der Waals surface area contributed by atoms with Crippen LogP contribution in [0.25, 0.3) is 5.70 Å². The van der Waals surface area contributed by atoms with Crippen molar-refractivity contribution in [3.05, 3.63) is 101 Å². The van der Waals surface area contributed by atoms with E-state index in [9.17, 15) is 0 Å². The Kier molecular flexibility index (Phi) is 3.86. The molecule has 1 heterocycles. The number of hydrogen-bond acceptors (Lipinski definition) is 2. The second-order valence-corrected chi connectivity index (χ2v) is 8.23. The molecular formula is C24H21NS. The minimum atomic E-state index is 0.357. The summed E-state index contributed by atoms with van der Waals surface area (Å²) in [6.07, 6.45) is 2.23. The summed E-state index contributed by atoms with van der Waals surface area (Å²) >= 11 is 1.98. The van der Waals surface area contributed by atoms with Crippen LogP contribution in [0, 0.1) is 6.92 Å². The number of thioether (sulfide) groups is 1. The minimum absolute atomic E-state index is 0.357. The van der Waals surface area contributed by atoms with Crippen molar-refractivity contribution in [2.75, 3.05) is 5.32 Å². The fourth-order valence-electron chi connectivity index (χ4n) is 3.98. The Hall–Kier alpha value is -2.45. The van der Waals surface area contributed by atoms with Gasteiger partial charge in [-0.15, -0.1) is 11.8 Å². The predicted molar refractivity (Wildman–Crippen MR) is 112 cm³/mol. The summed E-state index contributed by atoms with van der Waals surface area (Å²) in [5.41, 5.74) is 9.58. The molecular weight excluding hydrogens is 334 g/mol. The molecule has 1 atom stereocenters. The first kappa shape index (κ1) is 15.8. The van der Waals surface area contributed by atoms with Crippen LogP contribution in [0.5, 0.6) is 0 Å². The molecule has 0 aromatic heterocycles. The standard InChI is InChI=1S/C24H21NS/c1-16-10-12-18(13-11-16)24-20-15-14-17-6-2-3-7-19(17)23(20)25-21-8-4-5-9-22(21)26-24/h2-13,24-25H,14-15H2,1H3/t24-/m0/s1. The molecule has 5 rings (SSSR count). The van der Waals surface area contributed by atoms with Gasteiger partial charge in [0.25, 0.3) is 0 Å². The van der Waals surface area contributed by atoms with Gasteiger partial charge in [0.1, 0.15) is 0 Å². The van der Waals surface area contributed by atoms with Gasteiger partial charge < -0.3 is 5.32 Å². The van der Waals surface area contributed by atoms with Crippen molar-refractivity contribution in [2.24, 2.45) is 0 Å². The van der Waals surface area contributed by atoms with Crippen LogP contribution in [0.3, 0.4) is 0 Å². The lowest BCUT2D eigenvalue weighted by Crippen LogP contribution is -2.13. The van der Waals surface area contributed by atoms with E-state index in [4.69, 9.17) is 0 Å². The molecule has 1 aliphatic heterocycles. The maximum absolute atomic E-state index is 3.79. The molecule has 26 heavy (non-hydrogen) atoms. The Morgan fingerprint density at radius 2 is 1.62 bits per heavy atom. The van der Waals surface area contributed by atoms with Crippen LogP contribution in [-0.2, 0) is 6.42 Å². The second-order valence-electron chi connectivity index (χ2n) is 7.09. The van der Waals surface area contributed by atoms with E-state index in [1.54, 1.807) is 0 Å². The SMILES string of the molecule is Cc1ccc([C@@H]2Sc3ccccc3NC3=C2CCc2ccccc23)cc1. The molecule has 3 aromatic carbocycles. The van der Waals surface area contributed by atoms with E-state index >= 15 is 0 Å². The van der Waals surface area contributed by atoms with Crippen molar-refractivity contribution in [2.45, 2.75) is 29.9 Å². The normalized spacial score (nSPS) is 18.3. The molecule has 0 bridgehead atoms. The molecule has 1 nitrogen and oxygen atoms in total. The maximum Gasteiger partial charge on any atom is 0.0577 e. The van der Waals surface area contributed by atoms with Gasteiger partial charge in [0, 0.05) is 16.2 Å². The average Bonchev–Trinajstić information content (AvgIpc) is 2.85. The third kappa shape index (κ3) is 2.65. The lowest BCUT2D eigenvalue weighted by atomic mass is 9.86. The first-order chi connectivity index (χ1) is 12.8. The van der Waals surface area contributed by atoms with Crippen LogP contribution in [-0.4, -0.2) is 0 Å². The Labute approximate surface area is 159 Å². The quantitative estimate of drug-likeness (QED) is 0.527. The Balaban J connectivity index is 1.72. The summed E-state index contributed by atoms with van der Waals surface area (Å²) in [5.74, 6) is 0. The van der Waals surface area contributed by atoms with Crippen LogP contribution in [0.2, 0.25) is 0 Å². The molecule has 3 aromatic rings. The highest BCUT2D eigenvalue weighted by Crippen LogP contribution is 2.51. The van der Waals surface area contributed by atoms with E-state index in [0.717, 1.165) is 12.8 Å². The predicted octanol–water partition coefficient (Wildman–Crippen LogP) is 6.61. The zero-order valence-electron chi connectivity index (χ0n) is 14.8. The molecule has 0 radical (unpaired) electrons. The summed E-state index contributed by atoms with van der Waals surface area (Å²) in [6, 6.07) is 26.6. The van der Waals surface area contributed by atoms with Crippen molar-refractivity contribution in [1.29, 1.82) is 0 Å². The Morgan fingerprint density at radius 3 is 2.50 bits per heavy atom. The van der Waals surface area contributed by atoms with E-state index in [-0.39, 0.29) is 0 Å². The molecule has 0 unspecified atom stereocenters. The molecule has 2 heteroatoms. The molecule has 0 fully saturated rings. The highest BCUT2D eigenvalue weighted by atomic mass is 32.2. The summed E-state index contributed by atoms with van der Waals surface area (Å²) in [6.45, 7) is 2.16. The first-order valence-corrected chi connectivity index (χ1v) is 10.1. The second kappa shape index (κ2) is 6.37. The highest BCUT2D eigenvalue weighted by Gasteiger charge is 2.30. The van der Waals surface area contributed by atoms with Gasteiger partial charge in [0.15, 0.2) is 0 Å². The molecule has 1 N–H and O–H groups in total. The van der Waals surface area contributed by atoms with Crippen molar-refractivity contribution < 1.29 is 0 Å². The third-order valence-electron chi connectivity index (χ3n) is 5.36. The fourth-order valence-corrected chi connectivity index (χ4v) is 5.30. The van der Waals surface area contributed by atoms with Crippen molar-refractivity contribution >= 4 is 23.1 Å². The van der Waals surface area contributed by atoms with Gasteiger partial charge in [-0.2, -0.15) is 0 Å². The van der Waals surface area contributed by atoms with Crippen LogP contribution in [0.15, 0.2) is 83.3 Å². The van der Waals surface area contributed by atoms with Crippen molar-refractivity contribution in [1.82, 2.24) is 0 Å². The molecule has 2 aliphatic rings. The lowest BCUT2D eigenvalue weighted by Gasteiger charge is -2.27. The molecule has 0 saturated carbocycles. The first-order valence-electron chi connectivity index (χ1n) is 9.20. The monoisotopic (exact) mass is 355 g/mol. The molecule has 128 valence electrons. The smallest absolute Gasteiger partial charge is 0.0577 e. The van der Waals surface area contributed by atoms with Crippen LogP contribution in [0.4, 0.5) is 5.69 Å². The van der Waals surface area contributed by atoms with Crippen LogP contribution in [0.1, 0.15) is 33.9 Å². The van der Waals surface area contributed by atoms with E-state index in [1.807, 2.05) is 11.8 Å². The molecule has 0 amide bonds. The zero-order chi connectivity index (χ0) is 17.5.